The molecule has 2 bridgehead atoms. The summed E-state index contributed by atoms with van der Waals surface area (Å²) in [5, 5.41) is 0. The maximum Gasteiger partial charge on any atom is 0.350 e. The van der Waals surface area contributed by atoms with Crippen LogP contribution in [0, 0.1) is 11.8 Å². The molecule has 2 aliphatic heterocycles. The van der Waals surface area contributed by atoms with Crippen LogP contribution in [0.5, 0.6) is 0 Å². The third-order valence-corrected chi connectivity index (χ3v) is 7.41. The lowest BCUT2D eigenvalue weighted by molar-refractivity contribution is -0.282. The van der Waals surface area contributed by atoms with Gasteiger partial charge in [0.15, 0.2) is 0 Å². The van der Waals surface area contributed by atoms with Crippen LogP contribution in [0.3, 0.4) is 0 Å². The maximum atomic E-state index is 13.2. The predicted molar refractivity (Wildman–Crippen MR) is 134 cm³/mol. The lowest BCUT2D eigenvalue weighted by atomic mass is 9.87. The molecule has 5 unspecified atom stereocenters. The van der Waals surface area contributed by atoms with Crippen molar-refractivity contribution in [2.24, 2.45) is 11.8 Å². The second-order valence-corrected chi connectivity index (χ2v) is 10.5. The van der Waals surface area contributed by atoms with E-state index in [1.165, 1.54) is 5.56 Å². The summed E-state index contributed by atoms with van der Waals surface area (Å²) >= 11 is 0. The van der Waals surface area contributed by atoms with Crippen LogP contribution in [0.2, 0.25) is 0 Å². The van der Waals surface area contributed by atoms with E-state index in [0.717, 1.165) is 24.8 Å². The van der Waals surface area contributed by atoms with Crippen LogP contribution >= 0.6 is 0 Å². The van der Waals surface area contributed by atoms with Gasteiger partial charge in [0.05, 0.1) is 5.56 Å². The molecule has 2 aromatic rings. The zero-order valence-electron chi connectivity index (χ0n) is 21.2. The molecule has 0 spiro atoms. The van der Waals surface area contributed by atoms with Gasteiger partial charge in [-0.1, -0.05) is 63.2 Å². The average Bonchev–Trinajstić information content (AvgIpc) is 3.07. The summed E-state index contributed by atoms with van der Waals surface area (Å²) in [6.07, 6.45) is 2.99. The van der Waals surface area contributed by atoms with Gasteiger partial charge < -0.3 is 4.74 Å². The van der Waals surface area contributed by atoms with E-state index < -0.39 is 24.0 Å². The Bertz CT molecular complexity index is 990. The highest BCUT2D eigenvalue weighted by molar-refractivity contribution is 5.89. The topological polar surface area (TPSA) is 65.1 Å². The minimum atomic E-state index is -0.572. The van der Waals surface area contributed by atoms with E-state index in [9.17, 15) is 9.59 Å². The summed E-state index contributed by atoms with van der Waals surface area (Å²) in [5.74, 6) is -0.754. The highest BCUT2D eigenvalue weighted by Gasteiger charge is 2.51. The number of fused-ring (bicyclic) bond motifs is 2. The van der Waals surface area contributed by atoms with Crippen molar-refractivity contribution in [1.29, 1.82) is 0 Å². The third-order valence-electron chi connectivity index (χ3n) is 7.41. The summed E-state index contributed by atoms with van der Waals surface area (Å²) in [5.41, 5.74) is 2.94. The molecule has 0 amide bonds. The number of rotatable bonds is 9. The first-order valence-corrected chi connectivity index (χ1v) is 12.7. The number of ether oxygens (including phenoxy) is 1. The zero-order chi connectivity index (χ0) is 24.9. The Balaban J connectivity index is 1.35. The number of carbonyl (C=O) groups is 2. The molecule has 5 atom stereocenters. The van der Waals surface area contributed by atoms with Gasteiger partial charge in [-0.05, 0) is 55.5 Å². The first-order chi connectivity index (χ1) is 16.8. The number of hydrogen-bond acceptors (Lipinski definition) is 6. The molecule has 2 saturated heterocycles. The summed E-state index contributed by atoms with van der Waals surface area (Å²) in [4.78, 5) is 38.8. The van der Waals surface area contributed by atoms with E-state index in [-0.39, 0.29) is 18.6 Å². The smallest absolute Gasteiger partial charge is 0.350 e. The van der Waals surface area contributed by atoms with E-state index in [0.29, 0.717) is 23.9 Å². The van der Waals surface area contributed by atoms with E-state index in [2.05, 4.69) is 43.0 Å². The molecule has 0 radical (unpaired) electrons. The summed E-state index contributed by atoms with van der Waals surface area (Å²) in [6.45, 7) is 6.73. The van der Waals surface area contributed by atoms with E-state index >= 15 is 0 Å². The van der Waals surface area contributed by atoms with Gasteiger partial charge in [-0.15, -0.1) is 0 Å². The SMILES string of the molecule is CC(C)Cc1ccc(C(C)COOC(=O)C2C(OC(=O)c3ccccc3)CC3CCC2N3C)cc1. The Labute approximate surface area is 208 Å². The normalized spacial score (nSPS) is 24.8. The van der Waals surface area contributed by atoms with Gasteiger partial charge in [0.25, 0.3) is 0 Å². The van der Waals surface area contributed by atoms with Crippen molar-refractivity contribution in [1.82, 2.24) is 4.90 Å². The third kappa shape index (κ3) is 6.11. The molecule has 2 aliphatic rings. The molecule has 188 valence electrons. The summed E-state index contributed by atoms with van der Waals surface area (Å²) < 4.78 is 5.85. The van der Waals surface area contributed by atoms with Gasteiger partial charge in [0.1, 0.15) is 18.6 Å². The van der Waals surface area contributed by atoms with Crippen LogP contribution in [0.1, 0.15) is 67.4 Å². The van der Waals surface area contributed by atoms with Gasteiger partial charge in [0.2, 0.25) is 0 Å². The molecular weight excluding hydrogens is 442 g/mol. The minimum Gasteiger partial charge on any atom is -0.458 e. The zero-order valence-corrected chi connectivity index (χ0v) is 21.2. The molecule has 0 aromatic heterocycles. The predicted octanol–water partition coefficient (Wildman–Crippen LogP) is 5.17. The molecule has 2 aromatic carbocycles. The number of nitrogens with zero attached hydrogens (tertiary/aromatic N) is 1. The quantitative estimate of drug-likeness (QED) is 0.281. The van der Waals surface area contributed by atoms with Crippen LogP contribution in [0.15, 0.2) is 54.6 Å². The van der Waals surface area contributed by atoms with Gasteiger partial charge in [0, 0.05) is 24.4 Å². The van der Waals surface area contributed by atoms with Crippen LogP contribution < -0.4 is 0 Å². The molecule has 6 heteroatoms. The largest absolute Gasteiger partial charge is 0.458 e. The number of carbonyl (C=O) groups excluding carboxylic acids is 2. The average molecular weight is 480 g/mol. The first-order valence-electron chi connectivity index (χ1n) is 12.7. The highest BCUT2D eigenvalue weighted by Crippen LogP contribution is 2.40. The van der Waals surface area contributed by atoms with Crippen molar-refractivity contribution in [3.8, 4) is 0 Å². The molecule has 4 rings (SSSR count). The fourth-order valence-corrected chi connectivity index (χ4v) is 5.43. The van der Waals surface area contributed by atoms with Crippen molar-refractivity contribution < 1.29 is 24.1 Å². The molecule has 0 N–H and O–H groups in total. The molecule has 2 heterocycles. The Kier molecular flexibility index (Phi) is 8.24. The molecule has 6 nitrogen and oxygen atoms in total. The Morgan fingerprint density at radius 2 is 1.71 bits per heavy atom. The molecule has 2 fully saturated rings. The molecule has 0 saturated carbocycles. The van der Waals surface area contributed by atoms with E-state index in [1.54, 1.807) is 24.3 Å². The van der Waals surface area contributed by atoms with Crippen molar-refractivity contribution in [2.45, 2.75) is 70.6 Å². The van der Waals surface area contributed by atoms with Crippen molar-refractivity contribution >= 4 is 11.9 Å². The maximum absolute atomic E-state index is 13.2. The van der Waals surface area contributed by atoms with Crippen molar-refractivity contribution in [3.05, 3.63) is 71.3 Å². The number of hydrogen-bond donors (Lipinski definition) is 0. The van der Waals surface area contributed by atoms with Gasteiger partial charge in [-0.3, -0.25) is 9.79 Å². The van der Waals surface area contributed by atoms with Gasteiger partial charge >= 0.3 is 11.9 Å². The fourth-order valence-electron chi connectivity index (χ4n) is 5.43. The Morgan fingerprint density at radius 1 is 1.00 bits per heavy atom. The number of benzene rings is 2. The monoisotopic (exact) mass is 479 g/mol. The summed E-state index contributed by atoms with van der Waals surface area (Å²) in [7, 11) is 2.03. The molecule has 35 heavy (non-hydrogen) atoms. The van der Waals surface area contributed by atoms with Crippen LogP contribution in [-0.2, 0) is 25.7 Å². The second kappa shape index (κ2) is 11.4. The van der Waals surface area contributed by atoms with Gasteiger partial charge in [-0.2, -0.15) is 4.89 Å². The molecular formula is C29H37NO5. The van der Waals surface area contributed by atoms with Crippen LogP contribution in [-0.4, -0.2) is 48.7 Å². The number of piperidine rings is 1. The summed E-state index contributed by atoms with van der Waals surface area (Å²) in [6, 6.07) is 17.7. The lowest BCUT2D eigenvalue weighted by Gasteiger charge is -2.40. The first kappa shape index (κ1) is 25.4. The van der Waals surface area contributed by atoms with Crippen molar-refractivity contribution in [2.75, 3.05) is 13.7 Å². The van der Waals surface area contributed by atoms with Crippen LogP contribution in [0.4, 0.5) is 0 Å². The minimum absolute atomic E-state index is 0.0238. The number of esters is 1. The highest BCUT2D eigenvalue weighted by atomic mass is 17.2. The Morgan fingerprint density at radius 3 is 2.40 bits per heavy atom. The Hall–Kier alpha value is -2.70. The standard InChI is InChI=1S/C29H37NO5/c1-19(2)16-21-10-12-22(13-11-21)20(3)18-33-35-29(32)27-25-15-14-24(30(25)4)17-26(27)34-28(31)23-8-6-5-7-9-23/h5-13,19-20,24-27H,14-18H2,1-4H3. The van der Waals surface area contributed by atoms with Crippen molar-refractivity contribution in [3.63, 3.8) is 0 Å². The lowest BCUT2D eigenvalue weighted by Crippen LogP contribution is -2.53. The van der Waals surface area contributed by atoms with Crippen LogP contribution in [0.25, 0.3) is 0 Å². The fraction of sp³-hybridized carbons (Fsp3) is 0.517. The molecule has 0 aliphatic carbocycles. The van der Waals surface area contributed by atoms with E-state index in [1.807, 2.05) is 20.0 Å². The second-order valence-electron chi connectivity index (χ2n) is 10.5. The van der Waals surface area contributed by atoms with Gasteiger partial charge in [-0.25, -0.2) is 9.59 Å². The van der Waals surface area contributed by atoms with E-state index in [4.69, 9.17) is 14.5 Å².